The summed E-state index contributed by atoms with van der Waals surface area (Å²) in [5.41, 5.74) is 5.63. The van der Waals surface area contributed by atoms with Crippen LogP contribution in [0.15, 0.2) is 24.3 Å². The first-order valence-electron chi connectivity index (χ1n) is 5.20. The minimum Gasteiger partial charge on any atom is -0.464 e. The van der Waals surface area contributed by atoms with Crippen LogP contribution in [-0.2, 0) is 4.74 Å². The molecule has 2 aromatic rings. The maximum atomic E-state index is 13.7. The molecule has 0 aliphatic rings. The van der Waals surface area contributed by atoms with Gasteiger partial charge in [-0.1, -0.05) is 23.7 Å². The topological polar surface area (TPSA) is 78.1 Å². The number of nitrogens with two attached hydrogens (primary N) is 1. The number of nitrogen functional groups attached to an aromatic ring is 1. The molecule has 0 aliphatic heterocycles. The Kier molecular flexibility index (Phi) is 3.62. The Bertz CT molecular complexity index is 649. The van der Waals surface area contributed by atoms with Gasteiger partial charge in [0.2, 0.25) is 0 Å². The van der Waals surface area contributed by atoms with Crippen molar-refractivity contribution in [2.75, 3.05) is 12.8 Å². The fraction of sp³-hybridized carbons (Fsp3) is 0.0833. The highest BCUT2D eigenvalue weighted by Gasteiger charge is 2.19. The lowest BCUT2D eigenvalue weighted by Gasteiger charge is -2.08. The average molecular weight is 282 g/mol. The summed E-state index contributed by atoms with van der Waals surface area (Å²) in [7, 11) is 1.18. The predicted molar refractivity (Wildman–Crippen MR) is 68.2 cm³/mol. The van der Waals surface area contributed by atoms with Crippen molar-refractivity contribution >= 4 is 23.4 Å². The van der Waals surface area contributed by atoms with Gasteiger partial charge in [-0.3, -0.25) is 0 Å². The fourth-order valence-electron chi connectivity index (χ4n) is 1.50. The lowest BCUT2D eigenvalue weighted by atomic mass is 10.1. The van der Waals surface area contributed by atoms with Crippen LogP contribution in [-0.4, -0.2) is 23.0 Å². The van der Waals surface area contributed by atoms with Crippen LogP contribution >= 0.6 is 11.6 Å². The van der Waals surface area contributed by atoms with E-state index in [0.29, 0.717) is 0 Å². The Labute approximate surface area is 113 Å². The minimum atomic E-state index is -0.757. The molecule has 1 aromatic carbocycles. The van der Waals surface area contributed by atoms with Gasteiger partial charge in [-0.05, 0) is 12.1 Å². The van der Waals surface area contributed by atoms with Gasteiger partial charge < -0.3 is 10.5 Å². The van der Waals surface area contributed by atoms with Gasteiger partial charge in [0.05, 0.1) is 7.11 Å². The van der Waals surface area contributed by atoms with E-state index in [9.17, 15) is 9.18 Å². The molecule has 7 heteroatoms. The SMILES string of the molecule is COC(=O)c1nc(Cl)c(-c2ccccc2F)nc1N. The van der Waals surface area contributed by atoms with E-state index in [2.05, 4.69) is 14.7 Å². The molecule has 0 aliphatic carbocycles. The molecule has 0 amide bonds. The third-order valence-corrected chi connectivity index (χ3v) is 2.65. The molecule has 1 heterocycles. The summed E-state index contributed by atoms with van der Waals surface area (Å²) >= 11 is 5.91. The van der Waals surface area contributed by atoms with Crippen molar-refractivity contribution in [3.63, 3.8) is 0 Å². The van der Waals surface area contributed by atoms with Crippen LogP contribution in [0.25, 0.3) is 11.3 Å². The number of carbonyl (C=O) groups excluding carboxylic acids is 1. The number of carbonyl (C=O) groups is 1. The molecular weight excluding hydrogens is 273 g/mol. The van der Waals surface area contributed by atoms with Crippen molar-refractivity contribution in [3.05, 3.63) is 40.9 Å². The summed E-state index contributed by atoms with van der Waals surface area (Å²) in [4.78, 5) is 19.1. The lowest BCUT2D eigenvalue weighted by Crippen LogP contribution is -2.11. The van der Waals surface area contributed by atoms with Crippen molar-refractivity contribution in [3.8, 4) is 11.3 Å². The van der Waals surface area contributed by atoms with Crippen LogP contribution in [0.5, 0.6) is 0 Å². The average Bonchev–Trinajstić information content (AvgIpc) is 2.41. The fourth-order valence-corrected chi connectivity index (χ4v) is 1.73. The summed E-state index contributed by atoms with van der Waals surface area (Å²) in [6.45, 7) is 0. The Morgan fingerprint density at radius 3 is 2.68 bits per heavy atom. The van der Waals surface area contributed by atoms with E-state index in [4.69, 9.17) is 17.3 Å². The molecule has 0 spiro atoms. The van der Waals surface area contributed by atoms with Crippen LogP contribution in [0.3, 0.4) is 0 Å². The molecule has 2 N–H and O–H groups in total. The molecule has 5 nitrogen and oxygen atoms in total. The Morgan fingerprint density at radius 1 is 1.37 bits per heavy atom. The number of anilines is 1. The van der Waals surface area contributed by atoms with E-state index >= 15 is 0 Å². The van der Waals surface area contributed by atoms with Gasteiger partial charge in [-0.2, -0.15) is 0 Å². The monoisotopic (exact) mass is 281 g/mol. The molecule has 98 valence electrons. The first kappa shape index (κ1) is 13.2. The van der Waals surface area contributed by atoms with Gasteiger partial charge in [0, 0.05) is 5.56 Å². The summed E-state index contributed by atoms with van der Waals surface area (Å²) in [6.07, 6.45) is 0. The Balaban J connectivity index is 2.59. The van der Waals surface area contributed by atoms with Crippen molar-refractivity contribution < 1.29 is 13.9 Å². The van der Waals surface area contributed by atoms with Crippen molar-refractivity contribution in [2.45, 2.75) is 0 Å². The maximum absolute atomic E-state index is 13.7. The van der Waals surface area contributed by atoms with Gasteiger partial charge in [0.25, 0.3) is 0 Å². The summed E-state index contributed by atoms with van der Waals surface area (Å²) in [5.74, 6) is -1.44. The second-order valence-electron chi connectivity index (χ2n) is 3.57. The molecule has 0 unspecified atom stereocenters. The van der Waals surface area contributed by atoms with Crippen LogP contribution in [0, 0.1) is 5.82 Å². The molecule has 0 saturated carbocycles. The highest BCUT2D eigenvalue weighted by atomic mass is 35.5. The molecule has 2 rings (SSSR count). The lowest BCUT2D eigenvalue weighted by molar-refractivity contribution is 0.0595. The summed E-state index contributed by atoms with van der Waals surface area (Å²) < 4.78 is 18.1. The number of aromatic nitrogens is 2. The second kappa shape index (κ2) is 5.19. The van der Waals surface area contributed by atoms with Crippen molar-refractivity contribution in [1.29, 1.82) is 0 Å². The largest absolute Gasteiger partial charge is 0.464 e. The zero-order valence-electron chi connectivity index (χ0n) is 9.85. The van der Waals surface area contributed by atoms with Gasteiger partial charge in [-0.15, -0.1) is 0 Å². The first-order valence-corrected chi connectivity index (χ1v) is 5.58. The van der Waals surface area contributed by atoms with E-state index in [1.54, 1.807) is 6.07 Å². The van der Waals surface area contributed by atoms with Gasteiger partial charge in [0.1, 0.15) is 11.5 Å². The van der Waals surface area contributed by atoms with Gasteiger partial charge in [-0.25, -0.2) is 19.2 Å². The van der Waals surface area contributed by atoms with Crippen LogP contribution in [0.4, 0.5) is 10.2 Å². The number of halogens is 2. The smallest absolute Gasteiger partial charge is 0.360 e. The number of nitrogens with zero attached hydrogens (tertiary/aromatic N) is 2. The summed E-state index contributed by atoms with van der Waals surface area (Å²) in [5, 5.41) is -0.125. The number of benzene rings is 1. The van der Waals surface area contributed by atoms with E-state index in [-0.39, 0.29) is 27.9 Å². The van der Waals surface area contributed by atoms with Crippen molar-refractivity contribution in [1.82, 2.24) is 9.97 Å². The highest BCUT2D eigenvalue weighted by Crippen LogP contribution is 2.28. The van der Waals surface area contributed by atoms with Crippen LogP contribution in [0.1, 0.15) is 10.5 Å². The molecule has 0 fully saturated rings. The number of hydrogen-bond donors (Lipinski definition) is 1. The maximum Gasteiger partial charge on any atom is 0.360 e. The zero-order chi connectivity index (χ0) is 14.0. The number of hydrogen-bond acceptors (Lipinski definition) is 5. The molecule has 0 atom stereocenters. The van der Waals surface area contributed by atoms with E-state index < -0.39 is 11.8 Å². The highest BCUT2D eigenvalue weighted by molar-refractivity contribution is 6.32. The summed E-state index contributed by atoms with van der Waals surface area (Å²) in [6, 6.07) is 5.91. The number of methoxy groups -OCH3 is 1. The quantitative estimate of drug-likeness (QED) is 0.855. The molecule has 1 aromatic heterocycles. The second-order valence-corrected chi connectivity index (χ2v) is 3.93. The van der Waals surface area contributed by atoms with Gasteiger partial charge >= 0.3 is 5.97 Å². The molecule has 0 bridgehead atoms. The van der Waals surface area contributed by atoms with Crippen molar-refractivity contribution in [2.24, 2.45) is 0 Å². The normalized spacial score (nSPS) is 10.3. The molecule has 0 saturated heterocycles. The van der Waals surface area contributed by atoms with E-state index in [0.717, 1.165) is 0 Å². The Hall–Kier alpha value is -2.21. The Morgan fingerprint density at radius 2 is 2.05 bits per heavy atom. The number of esters is 1. The number of rotatable bonds is 2. The number of ether oxygens (including phenoxy) is 1. The van der Waals surface area contributed by atoms with E-state index in [1.807, 2.05) is 0 Å². The molecule has 19 heavy (non-hydrogen) atoms. The molecule has 0 radical (unpaired) electrons. The van der Waals surface area contributed by atoms with Crippen LogP contribution < -0.4 is 5.73 Å². The van der Waals surface area contributed by atoms with Gasteiger partial charge in [0.15, 0.2) is 16.7 Å². The third-order valence-electron chi connectivity index (χ3n) is 2.39. The molecular formula is C12H9ClFN3O2. The third kappa shape index (κ3) is 2.48. The first-order chi connectivity index (χ1) is 9.04. The minimum absolute atomic E-state index is 0.0740. The predicted octanol–water partition coefficient (Wildman–Crippen LogP) is 2.30. The standard InChI is InChI=1S/C12H9ClFN3O2/c1-19-12(18)9-11(15)17-8(10(13)16-9)6-4-2-3-5-7(6)14/h2-5H,1H3,(H2,15,17). The van der Waals surface area contributed by atoms with Crippen LogP contribution in [0.2, 0.25) is 5.15 Å². The van der Waals surface area contributed by atoms with E-state index in [1.165, 1.54) is 25.3 Å². The zero-order valence-corrected chi connectivity index (χ0v) is 10.6.